The van der Waals surface area contributed by atoms with E-state index in [-0.39, 0.29) is 0 Å². The van der Waals surface area contributed by atoms with E-state index in [1.165, 1.54) is 17.3 Å². The molecule has 1 aromatic heterocycles. The molecule has 92 valence electrons. The zero-order valence-electron chi connectivity index (χ0n) is 10.2. The van der Waals surface area contributed by atoms with Gasteiger partial charge in [0.2, 0.25) is 0 Å². The lowest BCUT2D eigenvalue weighted by molar-refractivity contribution is 0.471. The van der Waals surface area contributed by atoms with Gasteiger partial charge in [-0.15, -0.1) is 0 Å². The molecule has 0 aromatic carbocycles. The molecule has 0 amide bonds. The zero-order valence-corrected chi connectivity index (χ0v) is 12.4. The van der Waals surface area contributed by atoms with Crippen molar-refractivity contribution in [1.82, 2.24) is 15.1 Å². The van der Waals surface area contributed by atoms with Crippen LogP contribution in [-0.4, -0.2) is 20.8 Å². The number of rotatable bonds is 8. The molecule has 0 saturated heterocycles. The molecule has 3 nitrogen and oxygen atoms in total. The SMILES string of the molecule is CCC(C)n1ccc(CNCCCCI)n1. The summed E-state index contributed by atoms with van der Waals surface area (Å²) in [6.07, 6.45) is 5.77. The van der Waals surface area contributed by atoms with E-state index in [1.54, 1.807) is 0 Å². The Kier molecular flexibility index (Phi) is 7.03. The van der Waals surface area contributed by atoms with E-state index in [0.717, 1.165) is 25.2 Å². The Morgan fingerprint density at radius 2 is 2.31 bits per heavy atom. The van der Waals surface area contributed by atoms with Crippen LogP contribution in [0.5, 0.6) is 0 Å². The molecule has 0 fully saturated rings. The lowest BCUT2D eigenvalue weighted by Gasteiger charge is -2.08. The molecule has 1 N–H and O–H groups in total. The van der Waals surface area contributed by atoms with Crippen molar-refractivity contribution in [2.24, 2.45) is 0 Å². The number of unbranched alkanes of at least 4 members (excludes halogenated alkanes) is 1. The molecular weight excluding hydrogens is 313 g/mol. The summed E-state index contributed by atoms with van der Waals surface area (Å²) in [7, 11) is 0. The fourth-order valence-electron chi connectivity index (χ4n) is 1.47. The number of nitrogens with zero attached hydrogens (tertiary/aromatic N) is 2. The number of hydrogen-bond acceptors (Lipinski definition) is 2. The van der Waals surface area contributed by atoms with Crippen molar-refractivity contribution in [3.8, 4) is 0 Å². The molecule has 0 bridgehead atoms. The van der Waals surface area contributed by atoms with Crippen LogP contribution in [-0.2, 0) is 6.54 Å². The normalized spacial score (nSPS) is 12.9. The van der Waals surface area contributed by atoms with Crippen LogP contribution < -0.4 is 5.32 Å². The van der Waals surface area contributed by atoms with Gasteiger partial charge in [0.15, 0.2) is 0 Å². The van der Waals surface area contributed by atoms with E-state index in [0.29, 0.717) is 6.04 Å². The third-order valence-corrected chi connectivity index (χ3v) is 3.51. The van der Waals surface area contributed by atoms with Gasteiger partial charge in [-0.3, -0.25) is 4.68 Å². The summed E-state index contributed by atoms with van der Waals surface area (Å²) in [5.74, 6) is 0. The summed E-state index contributed by atoms with van der Waals surface area (Å²) < 4.78 is 3.31. The standard InChI is InChI=1S/C12H22IN3/c1-3-11(2)16-9-6-12(15-16)10-14-8-5-4-7-13/h6,9,11,14H,3-5,7-8,10H2,1-2H3. The summed E-state index contributed by atoms with van der Waals surface area (Å²) in [6.45, 7) is 6.38. The minimum Gasteiger partial charge on any atom is -0.311 e. The summed E-state index contributed by atoms with van der Waals surface area (Å²) >= 11 is 2.42. The van der Waals surface area contributed by atoms with E-state index in [1.807, 2.05) is 0 Å². The smallest absolute Gasteiger partial charge is 0.0762 e. The second-order valence-corrected chi connectivity index (χ2v) is 5.20. The van der Waals surface area contributed by atoms with Crippen LogP contribution in [0.15, 0.2) is 12.3 Å². The van der Waals surface area contributed by atoms with Gasteiger partial charge in [0.05, 0.1) is 5.69 Å². The van der Waals surface area contributed by atoms with Crippen molar-refractivity contribution >= 4 is 22.6 Å². The highest BCUT2D eigenvalue weighted by Gasteiger charge is 2.03. The topological polar surface area (TPSA) is 29.9 Å². The maximum absolute atomic E-state index is 4.55. The number of hydrogen-bond donors (Lipinski definition) is 1. The van der Waals surface area contributed by atoms with Crippen LogP contribution in [0.4, 0.5) is 0 Å². The number of halogens is 1. The maximum atomic E-state index is 4.55. The maximum Gasteiger partial charge on any atom is 0.0762 e. The fraction of sp³-hybridized carbons (Fsp3) is 0.750. The number of aromatic nitrogens is 2. The number of alkyl halides is 1. The van der Waals surface area contributed by atoms with Crippen molar-refractivity contribution < 1.29 is 0 Å². The van der Waals surface area contributed by atoms with Gasteiger partial charge in [0.1, 0.15) is 0 Å². The average Bonchev–Trinajstić information content (AvgIpc) is 2.76. The molecule has 0 aliphatic rings. The van der Waals surface area contributed by atoms with Crippen LogP contribution in [0.2, 0.25) is 0 Å². The Balaban J connectivity index is 2.24. The van der Waals surface area contributed by atoms with Crippen molar-refractivity contribution in [2.75, 3.05) is 11.0 Å². The molecule has 0 aliphatic heterocycles. The highest BCUT2D eigenvalue weighted by molar-refractivity contribution is 14.1. The van der Waals surface area contributed by atoms with Crippen LogP contribution in [0.25, 0.3) is 0 Å². The first kappa shape index (κ1) is 14.0. The second kappa shape index (κ2) is 8.06. The van der Waals surface area contributed by atoms with E-state index in [2.05, 4.69) is 63.8 Å². The number of nitrogens with one attached hydrogen (secondary N) is 1. The molecule has 1 atom stereocenters. The molecule has 0 spiro atoms. The van der Waals surface area contributed by atoms with Gasteiger partial charge in [-0.2, -0.15) is 5.10 Å². The molecule has 1 unspecified atom stereocenters. The van der Waals surface area contributed by atoms with Gasteiger partial charge in [-0.1, -0.05) is 29.5 Å². The second-order valence-electron chi connectivity index (χ2n) is 4.12. The lowest BCUT2D eigenvalue weighted by Crippen LogP contribution is -2.15. The minimum atomic E-state index is 0.507. The van der Waals surface area contributed by atoms with Crippen molar-refractivity contribution in [3.05, 3.63) is 18.0 Å². The zero-order chi connectivity index (χ0) is 11.8. The Bertz CT molecular complexity index is 286. The van der Waals surface area contributed by atoms with Gasteiger partial charge >= 0.3 is 0 Å². The van der Waals surface area contributed by atoms with Gasteiger partial charge in [-0.05, 0) is 43.2 Å². The van der Waals surface area contributed by atoms with E-state index >= 15 is 0 Å². The van der Waals surface area contributed by atoms with Crippen molar-refractivity contribution in [3.63, 3.8) is 0 Å². The molecule has 1 heterocycles. The first-order chi connectivity index (χ1) is 7.77. The molecule has 1 aromatic rings. The summed E-state index contributed by atoms with van der Waals surface area (Å²) in [6, 6.07) is 2.62. The van der Waals surface area contributed by atoms with E-state index in [9.17, 15) is 0 Å². The average molecular weight is 335 g/mol. The summed E-state index contributed by atoms with van der Waals surface area (Å²) in [5.41, 5.74) is 1.15. The predicted molar refractivity (Wildman–Crippen MR) is 77.1 cm³/mol. The highest BCUT2D eigenvalue weighted by Crippen LogP contribution is 2.08. The van der Waals surface area contributed by atoms with Crippen molar-refractivity contribution in [2.45, 2.75) is 45.7 Å². The van der Waals surface area contributed by atoms with Gasteiger partial charge in [-0.25, -0.2) is 0 Å². The Morgan fingerprint density at radius 1 is 1.50 bits per heavy atom. The minimum absolute atomic E-state index is 0.507. The first-order valence-electron chi connectivity index (χ1n) is 6.08. The molecule has 0 aliphatic carbocycles. The molecule has 4 heteroatoms. The third-order valence-electron chi connectivity index (χ3n) is 2.75. The van der Waals surface area contributed by atoms with Crippen LogP contribution in [0.1, 0.15) is 44.8 Å². The fourth-order valence-corrected chi connectivity index (χ4v) is 2.00. The Morgan fingerprint density at radius 3 is 3.00 bits per heavy atom. The molecule has 0 radical (unpaired) electrons. The molecular formula is C12H22IN3. The van der Waals surface area contributed by atoms with Gasteiger partial charge < -0.3 is 5.32 Å². The monoisotopic (exact) mass is 335 g/mol. The summed E-state index contributed by atoms with van der Waals surface area (Å²) in [4.78, 5) is 0. The van der Waals surface area contributed by atoms with E-state index in [4.69, 9.17) is 0 Å². The van der Waals surface area contributed by atoms with E-state index < -0.39 is 0 Å². The first-order valence-corrected chi connectivity index (χ1v) is 7.61. The molecule has 1 rings (SSSR count). The van der Waals surface area contributed by atoms with Gasteiger partial charge in [0, 0.05) is 18.8 Å². The largest absolute Gasteiger partial charge is 0.311 e. The predicted octanol–water partition coefficient (Wildman–Crippen LogP) is 3.16. The lowest BCUT2D eigenvalue weighted by atomic mass is 10.3. The van der Waals surface area contributed by atoms with Crippen molar-refractivity contribution in [1.29, 1.82) is 0 Å². The quantitative estimate of drug-likeness (QED) is 0.449. The molecule has 0 saturated carbocycles. The Hall–Kier alpha value is -0.100. The highest BCUT2D eigenvalue weighted by atomic mass is 127. The van der Waals surface area contributed by atoms with Crippen LogP contribution >= 0.6 is 22.6 Å². The van der Waals surface area contributed by atoms with Gasteiger partial charge in [0.25, 0.3) is 0 Å². The Labute approximate surface area is 112 Å². The molecule has 16 heavy (non-hydrogen) atoms. The van der Waals surface area contributed by atoms with Crippen LogP contribution in [0.3, 0.4) is 0 Å². The third kappa shape index (κ3) is 4.82. The summed E-state index contributed by atoms with van der Waals surface area (Å²) in [5, 5.41) is 7.98. The van der Waals surface area contributed by atoms with Crippen LogP contribution in [0, 0.1) is 0 Å².